The molecule has 0 aliphatic rings. The van der Waals surface area contributed by atoms with Crippen molar-refractivity contribution in [2.24, 2.45) is 0 Å². The highest BCUT2D eigenvalue weighted by molar-refractivity contribution is 9.10. The molecule has 0 aliphatic carbocycles. The van der Waals surface area contributed by atoms with Gasteiger partial charge in [-0.15, -0.1) is 5.10 Å². The van der Waals surface area contributed by atoms with Gasteiger partial charge in [0.2, 0.25) is 0 Å². The van der Waals surface area contributed by atoms with Gasteiger partial charge in [-0.2, -0.15) is 0 Å². The molecule has 0 saturated heterocycles. The molecule has 1 heterocycles. The number of rotatable bonds is 5. The van der Waals surface area contributed by atoms with E-state index in [2.05, 4.69) is 31.5 Å². The van der Waals surface area contributed by atoms with Gasteiger partial charge >= 0.3 is 0 Å². The number of aromatic nitrogens is 4. The Hall–Kier alpha value is -1.47. The van der Waals surface area contributed by atoms with E-state index in [9.17, 15) is 0 Å². The summed E-state index contributed by atoms with van der Waals surface area (Å²) in [4.78, 5) is 0. The third kappa shape index (κ3) is 3.51. The Morgan fingerprint density at radius 2 is 2.21 bits per heavy atom. The molecule has 0 fully saturated rings. The molecule has 0 spiro atoms. The maximum absolute atomic E-state index is 5.83. The second-order valence-electron chi connectivity index (χ2n) is 4.22. The summed E-state index contributed by atoms with van der Waals surface area (Å²) in [6.45, 7) is 5.22. The van der Waals surface area contributed by atoms with Gasteiger partial charge in [0, 0.05) is 22.3 Å². The average molecular weight is 326 g/mol. The highest BCUT2D eigenvalue weighted by Gasteiger charge is 2.13. The summed E-state index contributed by atoms with van der Waals surface area (Å²) in [5.41, 5.74) is 7.37. The van der Waals surface area contributed by atoms with Crippen LogP contribution in [0, 0.1) is 0 Å². The molecule has 2 aromatic rings. The van der Waals surface area contributed by atoms with Crippen molar-refractivity contribution >= 4 is 21.6 Å². The fourth-order valence-corrected chi connectivity index (χ4v) is 2.37. The van der Waals surface area contributed by atoms with Gasteiger partial charge < -0.3 is 10.5 Å². The fourth-order valence-electron chi connectivity index (χ4n) is 1.86. The minimum absolute atomic E-state index is 0.0525. The predicted octanol–water partition coefficient (Wildman–Crippen LogP) is 2.11. The van der Waals surface area contributed by atoms with Crippen molar-refractivity contribution in [3.05, 3.63) is 22.7 Å². The minimum Gasteiger partial charge on any atom is -0.399 e. The molecule has 0 saturated carbocycles. The number of ether oxygens (including phenoxy) is 1. The van der Waals surface area contributed by atoms with E-state index in [0.29, 0.717) is 24.7 Å². The van der Waals surface area contributed by atoms with Crippen molar-refractivity contribution < 1.29 is 4.74 Å². The second kappa shape index (κ2) is 6.12. The number of nitrogens with two attached hydrogens (primary N) is 1. The molecule has 0 bridgehead atoms. The van der Waals surface area contributed by atoms with E-state index in [1.807, 2.05) is 32.0 Å². The monoisotopic (exact) mass is 325 g/mol. The molecule has 2 rings (SSSR count). The van der Waals surface area contributed by atoms with Crippen LogP contribution < -0.4 is 5.73 Å². The molecule has 1 atom stereocenters. The first-order valence-electron chi connectivity index (χ1n) is 6.04. The summed E-state index contributed by atoms with van der Waals surface area (Å²) < 4.78 is 8.12. The third-order valence-corrected chi connectivity index (χ3v) is 3.05. The summed E-state index contributed by atoms with van der Waals surface area (Å²) in [6, 6.07) is 5.61. The normalized spacial score (nSPS) is 12.6. The third-order valence-electron chi connectivity index (χ3n) is 2.59. The van der Waals surface area contributed by atoms with Crippen LogP contribution in [0.5, 0.6) is 0 Å². The summed E-state index contributed by atoms with van der Waals surface area (Å²) in [6.07, 6.45) is 0.0525. The van der Waals surface area contributed by atoms with Gasteiger partial charge in [0.05, 0.1) is 12.6 Å². The smallest absolute Gasteiger partial charge is 0.182 e. The average Bonchev–Trinajstić information content (AvgIpc) is 2.76. The van der Waals surface area contributed by atoms with Crippen LogP contribution in [0.4, 0.5) is 5.69 Å². The lowest BCUT2D eigenvalue weighted by Gasteiger charge is -2.12. The lowest BCUT2D eigenvalue weighted by Crippen LogP contribution is -2.18. The van der Waals surface area contributed by atoms with Gasteiger partial charge in [-0.1, -0.05) is 15.9 Å². The molecule has 19 heavy (non-hydrogen) atoms. The van der Waals surface area contributed by atoms with Crippen molar-refractivity contribution in [3.63, 3.8) is 0 Å². The van der Waals surface area contributed by atoms with E-state index in [1.54, 1.807) is 4.68 Å². The Kier molecular flexibility index (Phi) is 4.49. The van der Waals surface area contributed by atoms with Crippen molar-refractivity contribution in [1.29, 1.82) is 0 Å². The molecule has 1 aromatic heterocycles. The Labute approximate surface area is 120 Å². The van der Waals surface area contributed by atoms with Gasteiger partial charge in [-0.05, 0) is 42.5 Å². The van der Waals surface area contributed by atoms with Crippen molar-refractivity contribution in [2.45, 2.75) is 26.5 Å². The molecule has 0 amide bonds. The van der Waals surface area contributed by atoms with Crippen LogP contribution in [0.2, 0.25) is 0 Å². The quantitative estimate of drug-likeness (QED) is 0.852. The second-order valence-corrected chi connectivity index (χ2v) is 5.14. The van der Waals surface area contributed by atoms with Crippen molar-refractivity contribution in [1.82, 2.24) is 20.2 Å². The first kappa shape index (κ1) is 14.0. The number of anilines is 1. The van der Waals surface area contributed by atoms with E-state index in [1.165, 1.54) is 0 Å². The Morgan fingerprint density at radius 3 is 2.89 bits per heavy atom. The number of hydrogen-bond acceptors (Lipinski definition) is 5. The lowest BCUT2D eigenvalue weighted by atomic mass is 10.2. The van der Waals surface area contributed by atoms with Crippen LogP contribution in [-0.2, 0) is 11.3 Å². The summed E-state index contributed by atoms with van der Waals surface area (Å²) >= 11 is 3.42. The van der Waals surface area contributed by atoms with Crippen LogP contribution in [0.1, 0.15) is 13.8 Å². The maximum atomic E-state index is 5.83. The van der Waals surface area contributed by atoms with Crippen LogP contribution in [-0.4, -0.2) is 32.9 Å². The van der Waals surface area contributed by atoms with Crippen LogP contribution >= 0.6 is 15.9 Å². The zero-order valence-corrected chi connectivity index (χ0v) is 12.5. The predicted molar refractivity (Wildman–Crippen MR) is 76.5 cm³/mol. The topological polar surface area (TPSA) is 78.8 Å². The Bertz CT molecular complexity index is 537. The van der Waals surface area contributed by atoms with E-state index >= 15 is 0 Å². The molecule has 7 heteroatoms. The highest BCUT2D eigenvalue weighted by atomic mass is 79.9. The van der Waals surface area contributed by atoms with Crippen LogP contribution in [0.3, 0.4) is 0 Å². The summed E-state index contributed by atoms with van der Waals surface area (Å²) in [7, 11) is 0. The molecule has 0 aliphatic heterocycles. The van der Waals surface area contributed by atoms with Crippen molar-refractivity contribution in [2.75, 3.05) is 12.3 Å². The minimum atomic E-state index is 0.0525. The number of nitrogens with zero attached hydrogens (tertiary/aromatic N) is 4. The number of tetrazole rings is 1. The van der Waals surface area contributed by atoms with Crippen LogP contribution in [0.25, 0.3) is 11.4 Å². The molecular weight excluding hydrogens is 310 g/mol. The molecule has 1 unspecified atom stereocenters. The molecule has 0 radical (unpaired) electrons. The van der Waals surface area contributed by atoms with E-state index < -0.39 is 0 Å². The highest BCUT2D eigenvalue weighted by Crippen LogP contribution is 2.24. The Morgan fingerprint density at radius 1 is 1.42 bits per heavy atom. The van der Waals surface area contributed by atoms with Gasteiger partial charge in [-0.25, -0.2) is 4.68 Å². The fraction of sp³-hybridized carbons (Fsp3) is 0.417. The summed E-state index contributed by atoms with van der Waals surface area (Å²) in [5, 5.41) is 11.8. The van der Waals surface area contributed by atoms with E-state index in [-0.39, 0.29) is 6.10 Å². The number of nitrogen functional groups attached to an aromatic ring is 1. The number of hydrogen-bond donors (Lipinski definition) is 1. The number of halogens is 1. The first-order valence-corrected chi connectivity index (χ1v) is 6.83. The van der Waals surface area contributed by atoms with Gasteiger partial charge in [0.15, 0.2) is 5.82 Å². The van der Waals surface area contributed by atoms with Gasteiger partial charge in [0.1, 0.15) is 0 Å². The zero-order chi connectivity index (χ0) is 13.8. The van der Waals surface area contributed by atoms with Gasteiger partial charge in [-0.3, -0.25) is 0 Å². The summed E-state index contributed by atoms with van der Waals surface area (Å²) in [5.74, 6) is 0.680. The number of benzene rings is 1. The first-order chi connectivity index (χ1) is 9.10. The molecule has 6 nitrogen and oxygen atoms in total. The zero-order valence-electron chi connectivity index (χ0n) is 10.9. The molecule has 1 aromatic carbocycles. The lowest BCUT2D eigenvalue weighted by molar-refractivity contribution is 0.0614. The molecular formula is C12H16BrN5O. The van der Waals surface area contributed by atoms with Gasteiger partial charge in [0.25, 0.3) is 0 Å². The maximum Gasteiger partial charge on any atom is 0.182 e. The Balaban J connectivity index is 2.28. The van der Waals surface area contributed by atoms with Crippen molar-refractivity contribution in [3.8, 4) is 11.4 Å². The van der Waals surface area contributed by atoms with E-state index in [0.717, 1.165) is 10.0 Å². The molecule has 102 valence electrons. The van der Waals surface area contributed by atoms with E-state index in [4.69, 9.17) is 10.5 Å². The SMILES string of the molecule is CCOC(C)Cn1nnnc1-c1cc(N)cc(Br)c1. The largest absolute Gasteiger partial charge is 0.399 e. The van der Waals surface area contributed by atoms with Crippen LogP contribution in [0.15, 0.2) is 22.7 Å². The standard InChI is InChI=1S/C12H16BrN5O/c1-3-19-8(2)7-18-12(15-16-17-18)9-4-10(13)6-11(14)5-9/h4-6,8H,3,7,14H2,1-2H3. The molecule has 2 N–H and O–H groups in total.